The largest absolute Gasteiger partial charge is 3.00 e. The van der Waals surface area contributed by atoms with E-state index in [1.54, 1.807) is 54.6 Å². The SMILES string of the molecule is N#Cc1c(F)cc(-c2ccccn2)cc1F.O=C([O-])c1ccccn1.O=C([O-])c1ccccn1.O=C([O-])c1ccccn1.[Ir+3]. The Hall–Kier alpha value is -5.77. The maximum Gasteiger partial charge on any atom is 3.00 e. The van der Waals surface area contributed by atoms with Crippen molar-refractivity contribution in [1.82, 2.24) is 19.9 Å². The van der Waals surface area contributed by atoms with Gasteiger partial charge in [-0.05, 0) is 60.7 Å². The molecule has 1 aromatic carbocycles. The fraction of sp³-hybridized carbons (Fsp3) is 0. The van der Waals surface area contributed by atoms with Gasteiger partial charge in [-0.1, -0.05) is 24.3 Å². The Bertz CT molecular complexity index is 1540. The molecule has 0 saturated carbocycles. The van der Waals surface area contributed by atoms with Crippen LogP contribution in [0.5, 0.6) is 0 Å². The zero-order valence-corrected chi connectivity index (χ0v) is 24.6. The van der Waals surface area contributed by atoms with Gasteiger partial charge in [0, 0.05) is 30.4 Å². The van der Waals surface area contributed by atoms with Crippen LogP contribution in [0, 0.1) is 23.0 Å². The minimum Gasteiger partial charge on any atom is -0.543 e. The molecule has 222 valence electrons. The van der Waals surface area contributed by atoms with Crippen LogP contribution >= 0.6 is 0 Å². The molecule has 0 aliphatic carbocycles. The predicted molar refractivity (Wildman–Crippen MR) is 140 cm³/mol. The summed E-state index contributed by atoms with van der Waals surface area (Å²) in [5.41, 5.74) is 0.117. The van der Waals surface area contributed by atoms with E-state index in [9.17, 15) is 38.5 Å². The molecule has 0 aliphatic rings. The first-order chi connectivity index (χ1) is 20.6. The number of benzene rings is 1. The van der Waals surface area contributed by atoms with E-state index in [-0.39, 0.29) is 37.2 Å². The number of pyridine rings is 4. The van der Waals surface area contributed by atoms with Crippen LogP contribution < -0.4 is 15.3 Å². The minimum absolute atomic E-state index is 0. The van der Waals surface area contributed by atoms with Crippen molar-refractivity contribution in [3.8, 4) is 17.3 Å². The molecule has 0 spiro atoms. The number of carboxylic acids is 3. The van der Waals surface area contributed by atoms with Crippen LogP contribution in [0.3, 0.4) is 0 Å². The van der Waals surface area contributed by atoms with E-state index in [4.69, 9.17) is 5.26 Å². The third-order valence-electron chi connectivity index (χ3n) is 4.74. The molecular weight excluding hydrogens is 757 g/mol. The first-order valence-corrected chi connectivity index (χ1v) is 11.8. The van der Waals surface area contributed by atoms with Gasteiger partial charge in [0.1, 0.15) is 23.3 Å². The van der Waals surface area contributed by atoms with E-state index in [2.05, 4.69) is 19.9 Å². The Balaban J connectivity index is 0.000000303. The van der Waals surface area contributed by atoms with Crippen molar-refractivity contribution < 1.29 is 58.6 Å². The van der Waals surface area contributed by atoms with Gasteiger partial charge in [0.2, 0.25) is 0 Å². The monoisotopic (exact) mass is 775 g/mol. The first kappa shape index (κ1) is 36.3. The van der Waals surface area contributed by atoms with Gasteiger partial charge in [-0.15, -0.1) is 0 Å². The summed E-state index contributed by atoms with van der Waals surface area (Å²) in [7, 11) is 0. The molecule has 0 amide bonds. The van der Waals surface area contributed by atoms with Crippen LogP contribution in [0.2, 0.25) is 0 Å². The molecule has 5 rings (SSSR count). The van der Waals surface area contributed by atoms with Gasteiger partial charge in [0.05, 0.1) is 40.7 Å². The Kier molecular flexibility index (Phi) is 16.0. The number of halogens is 2. The van der Waals surface area contributed by atoms with Gasteiger partial charge in [-0.25, -0.2) is 8.78 Å². The fourth-order valence-electron chi connectivity index (χ4n) is 2.81. The van der Waals surface area contributed by atoms with E-state index in [1.165, 1.54) is 49.1 Å². The maximum atomic E-state index is 13.3. The first-order valence-electron chi connectivity index (χ1n) is 11.8. The van der Waals surface area contributed by atoms with E-state index in [1.807, 2.05) is 0 Å². The van der Waals surface area contributed by atoms with Crippen LogP contribution in [0.1, 0.15) is 37.0 Å². The zero-order valence-electron chi connectivity index (χ0n) is 22.2. The van der Waals surface area contributed by atoms with Gasteiger partial charge in [0.15, 0.2) is 0 Å². The number of nitrogens with zero attached hydrogens (tertiary/aromatic N) is 5. The molecule has 4 aromatic heterocycles. The normalized spacial score (nSPS) is 9.02. The number of aromatic nitrogens is 4. The van der Waals surface area contributed by atoms with Crippen molar-refractivity contribution in [2.45, 2.75) is 0 Å². The number of rotatable bonds is 4. The minimum atomic E-state index is -1.24. The molecule has 0 bridgehead atoms. The molecular formula is C30H18F2IrN5O6. The van der Waals surface area contributed by atoms with Gasteiger partial charge < -0.3 is 29.7 Å². The molecule has 5 aromatic rings. The van der Waals surface area contributed by atoms with E-state index in [0.29, 0.717) is 11.3 Å². The topological polar surface area (TPSA) is 196 Å². The molecule has 0 aliphatic heterocycles. The van der Waals surface area contributed by atoms with Crippen LogP contribution in [-0.2, 0) is 20.1 Å². The average Bonchev–Trinajstić information content (AvgIpc) is 3.03. The number of nitriles is 1. The van der Waals surface area contributed by atoms with E-state index >= 15 is 0 Å². The van der Waals surface area contributed by atoms with E-state index < -0.39 is 35.1 Å². The summed E-state index contributed by atoms with van der Waals surface area (Å²) in [6.07, 6.45) is 5.75. The smallest absolute Gasteiger partial charge is 0.543 e. The van der Waals surface area contributed by atoms with Crippen molar-refractivity contribution in [2.24, 2.45) is 0 Å². The molecule has 14 heteroatoms. The fourth-order valence-corrected chi connectivity index (χ4v) is 2.81. The molecule has 0 radical (unpaired) electrons. The molecule has 11 nitrogen and oxygen atoms in total. The van der Waals surface area contributed by atoms with Crippen LogP contribution in [0.15, 0.2) is 110 Å². The number of carbonyl (C=O) groups is 3. The molecule has 0 unspecified atom stereocenters. The van der Waals surface area contributed by atoms with Crippen molar-refractivity contribution >= 4 is 17.9 Å². The Morgan fingerprint density at radius 2 is 0.932 bits per heavy atom. The second kappa shape index (κ2) is 19.4. The van der Waals surface area contributed by atoms with Crippen LogP contribution in [0.25, 0.3) is 11.3 Å². The maximum absolute atomic E-state index is 13.3. The number of aromatic carboxylic acids is 3. The summed E-state index contributed by atoms with van der Waals surface area (Å²) >= 11 is 0. The zero-order chi connectivity index (χ0) is 31.6. The third-order valence-corrected chi connectivity index (χ3v) is 4.74. The second-order valence-corrected chi connectivity index (χ2v) is 7.65. The summed E-state index contributed by atoms with van der Waals surface area (Å²) in [5.74, 6) is -5.46. The Morgan fingerprint density at radius 1 is 0.591 bits per heavy atom. The van der Waals surface area contributed by atoms with Gasteiger partial charge >= 0.3 is 20.1 Å². The Morgan fingerprint density at radius 3 is 1.16 bits per heavy atom. The van der Waals surface area contributed by atoms with Crippen molar-refractivity contribution in [3.05, 3.63) is 144 Å². The van der Waals surface area contributed by atoms with Gasteiger partial charge in [0.25, 0.3) is 0 Å². The summed E-state index contributed by atoms with van der Waals surface area (Å²) < 4.78 is 26.6. The third kappa shape index (κ3) is 12.4. The van der Waals surface area contributed by atoms with Gasteiger partial charge in [-0.2, -0.15) is 5.26 Å². The Labute approximate surface area is 262 Å². The second-order valence-electron chi connectivity index (χ2n) is 7.65. The number of hydrogen-bond acceptors (Lipinski definition) is 11. The molecule has 0 saturated heterocycles. The molecule has 0 atom stereocenters. The average molecular weight is 775 g/mol. The quantitative estimate of drug-likeness (QED) is 0.255. The van der Waals surface area contributed by atoms with Gasteiger partial charge in [-0.3, -0.25) is 19.9 Å². The molecule has 0 N–H and O–H groups in total. The van der Waals surface area contributed by atoms with Crippen molar-refractivity contribution in [1.29, 1.82) is 5.26 Å². The summed E-state index contributed by atoms with van der Waals surface area (Å²) in [6.45, 7) is 0. The molecule has 4 heterocycles. The van der Waals surface area contributed by atoms with E-state index in [0.717, 1.165) is 12.1 Å². The van der Waals surface area contributed by atoms with Crippen LogP contribution in [-0.4, -0.2) is 37.8 Å². The number of carboxylic acid groups (broad SMARTS) is 3. The summed E-state index contributed by atoms with van der Waals surface area (Å²) in [4.78, 5) is 44.6. The number of carbonyl (C=O) groups excluding carboxylic acids is 3. The summed E-state index contributed by atoms with van der Waals surface area (Å²) in [6, 6.07) is 22.6. The summed E-state index contributed by atoms with van der Waals surface area (Å²) in [5, 5.41) is 38.6. The van der Waals surface area contributed by atoms with Crippen LogP contribution in [0.4, 0.5) is 8.78 Å². The molecule has 44 heavy (non-hydrogen) atoms. The predicted octanol–water partition coefficient (Wildman–Crippen LogP) is 1.23. The standard InChI is InChI=1S/C12H6F2N2.3C6H5NO2.Ir/c13-10-5-8(6-11(14)9(10)7-15)12-3-1-2-4-16-12;3*8-6(9)5-3-1-2-4-7-5;/h1-6H;3*1-4H,(H,8,9);/q;;;;+3/p-3. The van der Waals surface area contributed by atoms with Crippen molar-refractivity contribution in [3.63, 3.8) is 0 Å². The molecule has 0 fully saturated rings. The van der Waals surface area contributed by atoms with Crippen molar-refractivity contribution in [2.75, 3.05) is 0 Å². The number of hydrogen-bond donors (Lipinski definition) is 0.